The van der Waals surface area contributed by atoms with Crippen molar-refractivity contribution >= 4 is 17.6 Å². The third kappa shape index (κ3) is 4.91. The van der Waals surface area contributed by atoms with E-state index in [0.717, 1.165) is 56.1 Å². The zero-order valence-corrected chi connectivity index (χ0v) is 18.6. The number of rotatable bonds is 8. The highest BCUT2D eigenvalue weighted by Crippen LogP contribution is 2.48. The molecular weight excluding hydrogens is 388 g/mol. The third-order valence-electron chi connectivity index (χ3n) is 5.97. The average Bonchev–Trinajstić information content (AvgIpc) is 2.66. The molecule has 2 unspecified atom stereocenters. The molecule has 0 aromatic heterocycles. The van der Waals surface area contributed by atoms with Crippen molar-refractivity contribution in [2.24, 2.45) is 0 Å². The van der Waals surface area contributed by atoms with E-state index in [1.54, 1.807) is 13.0 Å². The number of carbonyl (C=O) groups excluding carboxylic acids is 1. The van der Waals surface area contributed by atoms with Crippen molar-refractivity contribution in [1.82, 2.24) is 0 Å². The molecule has 29 heavy (non-hydrogen) atoms. The van der Waals surface area contributed by atoms with Gasteiger partial charge in [0.15, 0.2) is 0 Å². The van der Waals surface area contributed by atoms with E-state index in [4.69, 9.17) is 21.1 Å². The Morgan fingerprint density at radius 3 is 2.76 bits per heavy atom. The standard InChI is InChI=1S/C24H33ClO4/c1-4-5-6-10-18-15-19(26)20(17-11-7-9-16(2)14-17)22-21(18)23(27)29-24(3,28-22)12-8-13-25/h14-15,17,26H,4-13H2,1-3H3. The molecule has 0 fully saturated rings. The highest BCUT2D eigenvalue weighted by Gasteiger charge is 2.42. The van der Waals surface area contributed by atoms with Gasteiger partial charge < -0.3 is 14.6 Å². The second-order valence-corrected chi connectivity index (χ2v) is 8.94. The summed E-state index contributed by atoms with van der Waals surface area (Å²) in [7, 11) is 0. The second-order valence-electron chi connectivity index (χ2n) is 8.56. The van der Waals surface area contributed by atoms with Gasteiger partial charge in [-0.2, -0.15) is 0 Å². The lowest BCUT2D eigenvalue weighted by atomic mass is 9.82. The Kier molecular flexibility index (Phi) is 7.15. The Hall–Kier alpha value is -1.68. The number of hydrogen-bond acceptors (Lipinski definition) is 4. The molecule has 3 rings (SSSR count). The van der Waals surface area contributed by atoms with E-state index in [1.165, 1.54) is 5.57 Å². The first kappa shape index (κ1) is 22.0. The van der Waals surface area contributed by atoms with Crippen LogP contribution in [0.3, 0.4) is 0 Å². The van der Waals surface area contributed by atoms with Crippen LogP contribution in [0.1, 0.15) is 99.5 Å². The maximum atomic E-state index is 13.1. The lowest BCUT2D eigenvalue weighted by Gasteiger charge is -2.38. The topological polar surface area (TPSA) is 55.8 Å². The lowest BCUT2D eigenvalue weighted by molar-refractivity contribution is -0.146. The summed E-state index contributed by atoms with van der Waals surface area (Å²) in [5.74, 6) is -0.155. The number of ether oxygens (including phenoxy) is 2. The molecule has 0 spiro atoms. The number of alkyl halides is 1. The van der Waals surface area contributed by atoms with Gasteiger partial charge in [-0.15, -0.1) is 11.6 Å². The number of hydrogen-bond donors (Lipinski definition) is 1. The molecule has 0 amide bonds. The fraction of sp³-hybridized carbons (Fsp3) is 0.625. The van der Waals surface area contributed by atoms with Gasteiger partial charge in [0.2, 0.25) is 0 Å². The molecule has 0 bridgehead atoms. The SMILES string of the molecule is CCCCCc1cc(O)c(C2C=C(C)CCC2)c2c1C(=O)OC(C)(CCCCl)O2. The molecule has 5 heteroatoms. The number of unbranched alkanes of at least 4 members (excludes halogenated alkanes) is 2. The van der Waals surface area contributed by atoms with E-state index in [-0.39, 0.29) is 17.6 Å². The maximum Gasteiger partial charge on any atom is 0.345 e. The number of fused-ring (bicyclic) bond motifs is 1. The smallest absolute Gasteiger partial charge is 0.345 e. The number of aromatic hydroxyl groups is 1. The minimum atomic E-state index is -1.06. The molecule has 2 aliphatic rings. The molecule has 0 radical (unpaired) electrons. The van der Waals surface area contributed by atoms with Crippen LogP contribution in [0.25, 0.3) is 0 Å². The van der Waals surface area contributed by atoms with Gasteiger partial charge >= 0.3 is 5.97 Å². The number of phenols is 1. The van der Waals surface area contributed by atoms with E-state index >= 15 is 0 Å². The Morgan fingerprint density at radius 1 is 1.28 bits per heavy atom. The van der Waals surface area contributed by atoms with E-state index in [2.05, 4.69) is 19.9 Å². The summed E-state index contributed by atoms with van der Waals surface area (Å²) >= 11 is 5.87. The molecule has 160 valence electrons. The molecule has 1 N–H and O–H groups in total. The van der Waals surface area contributed by atoms with Crippen molar-refractivity contribution in [3.05, 3.63) is 34.4 Å². The van der Waals surface area contributed by atoms with Gasteiger partial charge in [0, 0.05) is 30.7 Å². The van der Waals surface area contributed by atoms with Gasteiger partial charge in [-0.25, -0.2) is 4.79 Å². The Labute approximate surface area is 179 Å². The van der Waals surface area contributed by atoms with Crippen molar-refractivity contribution in [3.8, 4) is 11.5 Å². The first-order chi connectivity index (χ1) is 13.9. The van der Waals surface area contributed by atoms with Gasteiger partial charge in [0.25, 0.3) is 5.79 Å². The van der Waals surface area contributed by atoms with E-state index in [0.29, 0.717) is 30.0 Å². The quantitative estimate of drug-likeness (QED) is 0.222. The highest BCUT2D eigenvalue weighted by atomic mass is 35.5. The fourth-order valence-corrected chi connectivity index (χ4v) is 4.61. The van der Waals surface area contributed by atoms with E-state index in [1.807, 2.05) is 0 Å². The molecule has 1 aliphatic carbocycles. The van der Waals surface area contributed by atoms with Gasteiger partial charge in [0.1, 0.15) is 17.1 Å². The third-order valence-corrected chi connectivity index (χ3v) is 6.23. The minimum absolute atomic E-state index is 0.0466. The number of carbonyl (C=O) groups is 1. The monoisotopic (exact) mass is 420 g/mol. The summed E-state index contributed by atoms with van der Waals surface area (Å²) in [4.78, 5) is 13.1. The number of phenolic OH excluding ortho intramolecular Hbond substituents is 1. The fourth-order valence-electron chi connectivity index (χ4n) is 4.47. The molecule has 1 aromatic rings. The predicted octanol–water partition coefficient (Wildman–Crippen LogP) is 6.62. The highest BCUT2D eigenvalue weighted by molar-refractivity contribution is 6.17. The summed E-state index contributed by atoms with van der Waals surface area (Å²) in [5.41, 5.74) is 3.35. The van der Waals surface area contributed by atoms with Gasteiger partial charge in [0.05, 0.1) is 0 Å². The van der Waals surface area contributed by atoms with Crippen molar-refractivity contribution in [1.29, 1.82) is 0 Å². The molecular formula is C24H33ClO4. The molecule has 1 aliphatic heterocycles. The Balaban J connectivity index is 2.09. The first-order valence-electron chi connectivity index (χ1n) is 10.9. The van der Waals surface area contributed by atoms with Crippen LogP contribution in [0.15, 0.2) is 17.7 Å². The summed E-state index contributed by atoms with van der Waals surface area (Å²) < 4.78 is 12.1. The van der Waals surface area contributed by atoms with Crippen LogP contribution in [0.5, 0.6) is 11.5 Å². The van der Waals surface area contributed by atoms with Crippen molar-refractivity contribution < 1.29 is 19.4 Å². The largest absolute Gasteiger partial charge is 0.507 e. The molecule has 0 saturated carbocycles. The van der Waals surface area contributed by atoms with Crippen LogP contribution >= 0.6 is 11.6 Å². The van der Waals surface area contributed by atoms with Crippen molar-refractivity contribution in [3.63, 3.8) is 0 Å². The molecule has 2 atom stereocenters. The van der Waals surface area contributed by atoms with Crippen LogP contribution in [0, 0.1) is 0 Å². The predicted molar refractivity (Wildman–Crippen MR) is 116 cm³/mol. The summed E-state index contributed by atoms with van der Waals surface area (Å²) in [5, 5.41) is 11.0. The number of allylic oxidation sites excluding steroid dienone is 2. The van der Waals surface area contributed by atoms with Crippen LogP contribution in [-0.2, 0) is 11.2 Å². The van der Waals surface area contributed by atoms with E-state index < -0.39 is 5.79 Å². The summed E-state index contributed by atoms with van der Waals surface area (Å²) in [6.07, 6.45) is 10.3. The lowest BCUT2D eigenvalue weighted by Crippen LogP contribution is -2.43. The van der Waals surface area contributed by atoms with Gasteiger partial charge in [-0.3, -0.25) is 0 Å². The van der Waals surface area contributed by atoms with Crippen LogP contribution < -0.4 is 4.74 Å². The van der Waals surface area contributed by atoms with Gasteiger partial charge in [-0.1, -0.05) is 31.4 Å². The molecule has 1 heterocycles. The zero-order chi connectivity index (χ0) is 21.0. The number of halogens is 1. The summed E-state index contributed by atoms with van der Waals surface area (Å²) in [6.45, 7) is 6.05. The van der Waals surface area contributed by atoms with E-state index in [9.17, 15) is 9.90 Å². The minimum Gasteiger partial charge on any atom is -0.507 e. The average molecular weight is 421 g/mol. The van der Waals surface area contributed by atoms with Crippen LogP contribution in [0.4, 0.5) is 0 Å². The zero-order valence-electron chi connectivity index (χ0n) is 17.9. The Bertz CT molecular complexity index is 786. The number of benzene rings is 1. The maximum absolute atomic E-state index is 13.1. The molecule has 4 nitrogen and oxygen atoms in total. The van der Waals surface area contributed by atoms with Crippen LogP contribution in [-0.4, -0.2) is 22.7 Å². The molecule has 1 aromatic carbocycles. The number of cyclic esters (lactones) is 1. The molecule has 0 saturated heterocycles. The first-order valence-corrected chi connectivity index (χ1v) is 11.5. The van der Waals surface area contributed by atoms with Crippen molar-refractivity contribution in [2.75, 3.05) is 5.88 Å². The second kappa shape index (κ2) is 9.42. The summed E-state index contributed by atoms with van der Waals surface area (Å²) in [6, 6.07) is 1.76. The normalized spacial score (nSPS) is 23.8. The number of esters is 1. The van der Waals surface area contributed by atoms with Crippen molar-refractivity contribution in [2.45, 2.75) is 90.3 Å². The van der Waals surface area contributed by atoms with Crippen LogP contribution in [0.2, 0.25) is 0 Å². The number of aryl methyl sites for hydroxylation is 1. The Morgan fingerprint density at radius 2 is 2.07 bits per heavy atom. The van der Waals surface area contributed by atoms with Gasteiger partial charge in [-0.05, 0) is 57.1 Å².